The van der Waals surface area contributed by atoms with Gasteiger partial charge in [-0.2, -0.15) is 5.26 Å². The van der Waals surface area contributed by atoms with Gasteiger partial charge < -0.3 is 10.2 Å². The lowest BCUT2D eigenvalue weighted by atomic mass is 9.74. The highest BCUT2D eigenvalue weighted by Gasteiger charge is 2.31. The van der Waals surface area contributed by atoms with E-state index in [9.17, 15) is 0 Å². The molecule has 1 saturated heterocycles. The highest BCUT2D eigenvalue weighted by atomic mass is 15.2. The highest BCUT2D eigenvalue weighted by Crippen LogP contribution is 2.37. The van der Waals surface area contributed by atoms with Crippen molar-refractivity contribution < 1.29 is 0 Å². The Labute approximate surface area is 113 Å². The lowest BCUT2D eigenvalue weighted by molar-refractivity contribution is 0.0923. The van der Waals surface area contributed by atoms with E-state index in [-0.39, 0.29) is 6.04 Å². The van der Waals surface area contributed by atoms with Gasteiger partial charge in [0.25, 0.3) is 0 Å². The average molecular weight is 251 g/mol. The first-order chi connectivity index (χ1) is 8.69. The van der Waals surface area contributed by atoms with Crippen LogP contribution in [0.1, 0.15) is 52.9 Å². The quantitative estimate of drug-likeness (QED) is 0.756. The summed E-state index contributed by atoms with van der Waals surface area (Å²) in [4.78, 5) is 2.46. The van der Waals surface area contributed by atoms with Gasteiger partial charge in [0.1, 0.15) is 6.04 Å². The molecule has 1 aliphatic rings. The van der Waals surface area contributed by atoms with Crippen LogP contribution in [0.2, 0.25) is 0 Å². The van der Waals surface area contributed by atoms with Crippen molar-refractivity contribution in [3.63, 3.8) is 0 Å². The molecule has 1 atom stereocenters. The molecule has 0 aliphatic carbocycles. The van der Waals surface area contributed by atoms with E-state index < -0.39 is 0 Å². The van der Waals surface area contributed by atoms with E-state index in [1.807, 2.05) is 0 Å². The van der Waals surface area contributed by atoms with Gasteiger partial charge in [-0.25, -0.2) is 0 Å². The SMILES string of the molecule is CCCNC(C#N)CN1CCC(CC)(CC)CC1. The van der Waals surface area contributed by atoms with Crippen molar-refractivity contribution in [2.45, 2.75) is 58.9 Å². The molecule has 3 heteroatoms. The van der Waals surface area contributed by atoms with Gasteiger partial charge in [0.2, 0.25) is 0 Å². The van der Waals surface area contributed by atoms with Gasteiger partial charge in [0.05, 0.1) is 6.07 Å². The van der Waals surface area contributed by atoms with Crippen molar-refractivity contribution in [2.24, 2.45) is 5.41 Å². The molecular weight excluding hydrogens is 222 g/mol. The Bertz CT molecular complexity index is 255. The van der Waals surface area contributed by atoms with Gasteiger partial charge in [-0.05, 0) is 44.3 Å². The van der Waals surface area contributed by atoms with Crippen LogP contribution >= 0.6 is 0 Å². The van der Waals surface area contributed by atoms with Gasteiger partial charge >= 0.3 is 0 Å². The van der Waals surface area contributed by atoms with E-state index in [4.69, 9.17) is 5.26 Å². The number of nitriles is 1. The number of piperidine rings is 1. The van der Waals surface area contributed by atoms with E-state index in [2.05, 4.69) is 37.1 Å². The first-order valence-electron chi connectivity index (χ1n) is 7.55. The number of rotatable bonds is 7. The summed E-state index contributed by atoms with van der Waals surface area (Å²) >= 11 is 0. The molecule has 1 heterocycles. The molecule has 1 N–H and O–H groups in total. The third-order valence-corrected chi connectivity index (χ3v) is 4.65. The topological polar surface area (TPSA) is 39.1 Å². The summed E-state index contributed by atoms with van der Waals surface area (Å²) in [6.45, 7) is 10.9. The van der Waals surface area contributed by atoms with Crippen LogP contribution in [-0.2, 0) is 0 Å². The maximum absolute atomic E-state index is 9.14. The van der Waals surface area contributed by atoms with Crippen LogP contribution in [0.3, 0.4) is 0 Å². The Morgan fingerprint density at radius 3 is 2.28 bits per heavy atom. The Morgan fingerprint density at radius 2 is 1.83 bits per heavy atom. The minimum Gasteiger partial charge on any atom is -0.301 e. The highest BCUT2D eigenvalue weighted by molar-refractivity contribution is 4.94. The fourth-order valence-electron chi connectivity index (χ4n) is 2.89. The Morgan fingerprint density at radius 1 is 1.22 bits per heavy atom. The van der Waals surface area contributed by atoms with Crippen LogP contribution in [0.25, 0.3) is 0 Å². The van der Waals surface area contributed by atoms with Gasteiger partial charge in [0.15, 0.2) is 0 Å². The molecule has 1 fully saturated rings. The first-order valence-corrected chi connectivity index (χ1v) is 7.55. The summed E-state index contributed by atoms with van der Waals surface area (Å²) in [5.74, 6) is 0. The van der Waals surface area contributed by atoms with Gasteiger partial charge in [-0.3, -0.25) is 0 Å². The van der Waals surface area contributed by atoms with Crippen molar-refractivity contribution in [3.8, 4) is 6.07 Å². The zero-order valence-corrected chi connectivity index (χ0v) is 12.3. The van der Waals surface area contributed by atoms with Gasteiger partial charge in [-0.1, -0.05) is 33.6 Å². The van der Waals surface area contributed by atoms with Crippen molar-refractivity contribution in [1.82, 2.24) is 10.2 Å². The summed E-state index contributed by atoms with van der Waals surface area (Å²) in [6, 6.07) is 2.38. The summed E-state index contributed by atoms with van der Waals surface area (Å²) in [5.41, 5.74) is 0.579. The maximum atomic E-state index is 9.14. The third kappa shape index (κ3) is 4.26. The lowest BCUT2D eigenvalue weighted by Gasteiger charge is -2.41. The van der Waals surface area contributed by atoms with Crippen LogP contribution in [0.15, 0.2) is 0 Å². The second kappa shape index (κ2) is 7.76. The van der Waals surface area contributed by atoms with Crippen LogP contribution < -0.4 is 5.32 Å². The van der Waals surface area contributed by atoms with E-state index in [1.54, 1.807) is 0 Å². The predicted molar refractivity (Wildman–Crippen MR) is 76.4 cm³/mol. The zero-order valence-electron chi connectivity index (χ0n) is 12.3. The van der Waals surface area contributed by atoms with Crippen molar-refractivity contribution >= 4 is 0 Å². The van der Waals surface area contributed by atoms with Crippen molar-refractivity contribution in [3.05, 3.63) is 0 Å². The third-order valence-electron chi connectivity index (χ3n) is 4.65. The molecule has 0 bridgehead atoms. The normalized spacial score (nSPS) is 21.4. The van der Waals surface area contributed by atoms with Crippen LogP contribution in [0, 0.1) is 16.7 Å². The average Bonchev–Trinajstić information content (AvgIpc) is 2.44. The summed E-state index contributed by atoms with van der Waals surface area (Å²) in [6.07, 6.45) is 6.28. The predicted octanol–water partition coefficient (Wildman–Crippen LogP) is 2.78. The molecule has 0 aromatic rings. The van der Waals surface area contributed by atoms with E-state index >= 15 is 0 Å². The largest absolute Gasteiger partial charge is 0.301 e. The van der Waals surface area contributed by atoms with Crippen molar-refractivity contribution in [1.29, 1.82) is 5.26 Å². The molecule has 0 amide bonds. The molecular formula is C15H29N3. The minimum atomic E-state index is 0.000651. The van der Waals surface area contributed by atoms with E-state index in [1.165, 1.54) is 25.7 Å². The number of nitrogens with one attached hydrogen (secondary N) is 1. The molecule has 0 aromatic carbocycles. The fourth-order valence-corrected chi connectivity index (χ4v) is 2.89. The first kappa shape index (κ1) is 15.5. The number of hydrogen-bond donors (Lipinski definition) is 1. The lowest BCUT2D eigenvalue weighted by Crippen LogP contribution is -2.46. The maximum Gasteiger partial charge on any atom is 0.108 e. The number of nitrogens with zero attached hydrogens (tertiary/aromatic N) is 2. The molecule has 18 heavy (non-hydrogen) atoms. The molecule has 1 unspecified atom stereocenters. The molecule has 0 spiro atoms. The number of likely N-dealkylation sites (tertiary alicyclic amines) is 1. The standard InChI is InChI=1S/C15H29N3/c1-4-9-17-14(12-16)13-18-10-7-15(5-2,6-3)8-11-18/h14,17H,4-11,13H2,1-3H3. The zero-order chi connectivity index (χ0) is 13.4. The van der Waals surface area contributed by atoms with Gasteiger partial charge in [0, 0.05) is 6.54 Å². The molecule has 3 nitrogen and oxygen atoms in total. The molecule has 0 aromatic heterocycles. The van der Waals surface area contributed by atoms with E-state index in [0.717, 1.165) is 32.6 Å². The van der Waals surface area contributed by atoms with Crippen LogP contribution in [0.5, 0.6) is 0 Å². The molecule has 0 radical (unpaired) electrons. The summed E-state index contributed by atoms with van der Waals surface area (Å²) < 4.78 is 0. The Balaban J connectivity index is 2.36. The Hall–Kier alpha value is -0.590. The van der Waals surface area contributed by atoms with Crippen LogP contribution in [-0.4, -0.2) is 37.1 Å². The fraction of sp³-hybridized carbons (Fsp3) is 0.933. The van der Waals surface area contributed by atoms with Crippen LogP contribution in [0.4, 0.5) is 0 Å². The summed E-state index contributed by atoms with van der Waals surface area (Å²) in [7, 11) is 0. The van der Waals surface area contributed by atoms with Crippen molar-refractivity contribution in [2.75, 3.05) is 26.2 Å². The summed E-state index contributed by atoms with van der Waals surface area (Å²) in [5, 5.41) is 12.5. The molecule has 1 aliphatic heterocycles. The smallest absolute Gasteiger partial charge is 0.108 e. The van der Waals surface area contributed by atoms with E-state index in [0.29, 0.717) is 5.41 Å². The molecule has 1 rings (SSSR count). The molecule has 104 valence electrons. The number of hydrogen-bond acceptors (Lipinski definition) is 3. The Kier molecular flexibility index (Phi) is 6.67. The molecule has 0 saturated carbocycles. The minimum absolute atomic E-state index is 0.000651. The second-order valence-corrected chi connectivity index (χ2v) is 5.64. The second-order valence-electron chi connectivity index (χ2n) is 5.64. The van der Waals surface area contributed by atoms with Gasteiger partial charge in [-0.15, -0.1) is 0 Å². The monoisotopic (exact) mass is 251 g/mol.